The van der Waals surface area contributed by atoms with Gasteiger partial charge in [-0.05, 0) is 34.7 Å². The van der Waals surface area contributed by atoms with Crippen LogP contribution in [-0.2, 0) is 9.59 Å². The Kier molecular flexibility index (Phi) is 4.97. The van der Waals surface area contributed by atoms with Gasteiger partial charge in [-0.3, -0.25) is 14.5 Å². The molecule has 0 spiro atoms. The normalized spacial score (nSPS) is 14.2. The second kappa shape index (κ2) is 6.55. The number of amides is 2. The van der Waals surface area contributed by atoms with Crippen LogP contribution in [0.25, 0.3) is 0 Å². The van der Waals surface area contributed by atoms with Gasteiger partial charge in [-0.1, -0.05) is 15.9 Å². The first-order valence-electron chi connectivity index (χ1n) is 5.82. The molecule has 6 nitrogen and oxygen atoms in total. The molecule has 108 valence electrons. The van der Waals surface area contributed by atoms with E-state index >= 15 is 0 Å². The first-order valence-corrected chi connectivity index (χ1v) is 7.69. The summed E-state index contributed by atoms with van der Waals surface area (Å²) in [6.07, 6.45) is 1.16. The molecule has 0 radical (unpaired) electrons. The fraction of sp³-hybridized carbons (Fsp3) is 0.154. The quantitative estimate of drug-likeness (QED) is 0.524. The Morgan fingerprint density at radius 3 is 2.76 bits per heavy atom. The van der Waals surface area contributed by atoms with Gasteiger partial charge < -0.3 is 10.4 Å². The number of aliphatic hydroxyl groups is 1. The zero-order valence-electron chi connectivity index (χ0n) is 10.6. The predicted octanol–water partition coefficient (Wildman–Crippen LogP) is 1.58. The summed E-state index contributed by atoms with van der Waals surface area (Å²) >= 11 is 5.33. The summed E-state index contributed by atoms with van der Waals surface area (Å²) in [4.78, 5) is 24.7. The number of halogens is 2. The molecule has 8 heteroatoms. The van der Waals surface area contributed by atoms with Crippen molar-refractivity contribution in [3.05, 3.63) is 37.5 Å². The summed E-state index contributed by atoms with van der Waals surface area (Å²) in [5.41, 5.74) is 0.917. The molecule has 0 aromatic heterocycles. The average Bonchev–Trinajstić information content (AvgIpc) is 2.69. The molecule has 0 fully saturated rings. The van der Waals surface area contributed by atoms with Gasteiger partial charge in [-0.2, -0.15) is 5.26 Å². The Labute approximate surface area is 142 Å². The molecule has 1 aliphatic rings. The smallest absolute Gasteiger partial charge is 0.277 e. The fourth-order valence-electron chi connectivity index (χ4n) is 1.83. The minimum absolute atomic E-state index is 0.0537. The van der Waals surface area contributed by atoms with Crippen molar-refractivity contribution in [1.29, 1.82) is 5.26 Å². The van der Waals surface area contributed by atoms with Gasteiger partial charge in [0.25, 0.3) is 11.8 Å². The third-order valence-electron chi connectivity index (χ3n) is 2.77. The second-order valence-electron chi connectivity index (χ2n) is 4.12. The van der Waals surface area contributed by atoms with Crippen molar-refractivity contribution < 1.29 is 14.7 Å². The van der Waals surface area contributed by atoms with Crippen molar-refractivity contribution in [3.8, 4) is 6.07 Å². The summed E-state index contributed by atoms with van der Waals surface area (Å²) in [5, 5.41) is 20.9. The van der Waals surface area contributed by atoms with E-state index in [0.29, 0.717) is 11.3 Å². The number of rotatable bonds is 4. The van der Waals surface area contributed by atoms with E-state index < -0.39 is 11.8 Å². The van der Waals surface area contributed by atoms with Crippen LogP contribution < -0.4 is 5.32 Å². The van der Waals surface area contributed by atoms with Crippen molar-refractivity contribution in [1.82, 2.24) is 4.90 Å². The second-order valence-corrected chi connectivity index (χ2v) is 6.20. The van der Waals surface area contributed by atoms with Crippen LogP contribution in [0.15, 0.2) is 28.4 Å². The summed E-state index contributed by atoms with van der Waals surface area (Å²) < 4.78 is 1.49. The van der Waals surface area contributed by atoms with Crippen LogP contribution in [0.4, 0.5) is 5.69 Å². The van der Waals surface area contributed by atoms with E-state index in [0.717, 1.165) is 19.0 Å². The van der Waals surface area contributed by atoms with E-state index in [-0.39, 0.29) is 18.8 Å². The first kappa shape index (κ1) is 15.9. The van der Waals surface area contributed by atoms with Gasteiger partial charge in [0.1, 0.15) is 11.8 Å². The molecule has 0 saturated carbocycles. The van der Waals surface area contributed by atoms with Crippen molar-refractivity contribution in [3.63, 3.8) is 0 Å². The highest BCUT2D eigenvalue weighted by Crippen LogP contribution is 2.29. The topological polar surface area (TPSA) is 93.4 Å². The number of anilines is 1. The minimum Gasteiger partial charge on any atom is -0.395 e. The molecule has 0 saturated heterocycles. The molecule has 1 heterocycles. The lowest BCUT2D eigenvalue weighted by Gasteiger charge is -2.14. The maximum absolute atomic E-state index is 12.1. The summed E-state index contributed by atoms with van der Waals surface area (Å²) in [7, 11) is 0. The SMILES string of the molecule is N#Cc1cc(Br)cc(I)c1NC1=CC(=O)N(CCO)C1=O. The Morgan fingerprint density at radius 1 is 1.43 bits per heavy atom. The number of nitriles is 1. The molecular formula is C13H9BrIN3O3. The van der Waals surface area contributed by atoms with Gasteiger partial charge >= 0.3 is 0 Å². The molecule has 0 aliphatic carbocycles. The zero-order chi connectivity index (χ0) is 15.6. The zero-order valence-corrected chi connectivity index (χ0v) is 14.3. The summed E-state index contributed by atoms with van der Waals surface area (Å²) in [6, 6.07) is 5.45. The van der Waals surface area contributed by atoms with Crippen LogP contribution in [0.5, 0.6) is 0 Å². The highest BCUT2D eigenvalue weighted by Gasteiger charge is 2.31. The van der Waals surface area contributed by atoms with E-state index in [1.54, 1.807) is 12.1 Å². The number of benzene rings is 1. The first-order chi connectivity index (χ1) is 9.97. The third kappa shape index (κ3) is 3.25. The molecule has 1 aromatic rings. The molecular weight excluding hydrogens is 453 g/mol. The molecule has 0 unspecified atom stereocenters. The molecule has 2 N–H and O–H groups in total. The van der Waals surface area contributed by atoms with Crippen LogP contribution in [-0.4, -0.2) is 35.0 Å². The summed E-state index contributed by atoms with van der Waals surface area (Å²) in [6.45, 7) is -0.347. The van der Waals surface area contributed by atoms with Crippen molar-refractivity contribution in [2.45, 2.75) is 0 Å². The Bertz CT molecular complexity index is 697. The van der Waals surface area contributed by atoms with Crippen LogP contribution in [0.1, 0.15) is 5.56 Å². The fourth-order valence-corrected chi connectivity index (χ4v) is 3.48. The van der Waals surface area contributed by atoms with Crippen molar-refractivity contribution >= 4 is 56.0 Å². The minimum atomic E-state index is -0.517. The van der Waals surface area contributed by atoms with Crippen LogP contribution in [0.3, 0.4) is 0 Å². The largest absolute Gasteiger partial charge is 0.395 e. The lowest BCUT2D eigenvalue weighted by Crippen LogP contribution is -2.34. The van der Waals surface area contributed by atoms with Gasteiger partial charge in [0.2, 0.25) is 0 Å². The molecule has 2 amide bonds. The highest BCUT2D eigenvalue weighted by atomic mass is 127. The number of β-amino-alcohol motifs (C(OH)–C–C–N with tert-alkyl or cyclic N) is 1. The molecule has 0 bridgehead atoms. The molecule has 1 aromatic carbocycles. The molecule has 21 heavy (non-hydrogen) atoms. The van der Waals surface area contributed by atoms with E-state index in [9.17, 15) is 9.59 Å². The van der Waals surface area contributed by atoms with Gasteiger partial charge in [0.15, 0.2) is 0 Å². The van der Waals surface area contributed by atoms with E-state index in [2.05, 4.69) is 21.2 Å². The number of nitrogens with zero attached hydrogens (tertiary/aromatic N) is 2. The Morgan fingerprint density at radius 2 is 2.14 bits per heavy atom. The van der Waals surface area contributed by atoms with Gasteiger partial charge in [-0.25, -0.2) is 0 Å². The maximum atomic E-state index is 12.1. The van der Waals surface area contributed by atoms with E-state index in [1.807, 2.05) is 28.7 Å². The van der Waals surface area contributed by atoms with E-state index in [4.69, 9.17) is 10.4 Å². The van der Waals surface area contributed by atoms with Crippen molar-refractivity contribution in [2.24, 2.45) is 0 Å². The van der Waals surface area contributed by atoms with Crippen LogP contribution in [0, 0.1) is 14.9 Å². The highest BCUT2D eigenvalue weighted by molar-refractivity contribution is 14.1. The number of aliphatic hydroxyl groups excluding tert-OH is 1. The Balaban J connectivity index is 2.32. The monoisotopic (exact) mass is 461 g/mol. The predicted molar refractivity (Wildman–Crippen MR) is 87.1 cm³/mol. The lowest BCUT2D eigenvalue weighted by atomic mass is 10.2. The number of hydrogen-bond acceptors (Lipinski definition) is 5. The molecule has 1 aliphatic heterocycles. The Hall–Kier alpha value is -1.44. The maximum Gasteiger partial charge on any atom is 0.277 e. The van der Waals surface area contributed by atoms with Crippen LogP contribution >= 0.6 is 38.5 Å². The number of carbonyl (C=O) groups is 2. The van der Waals surface area contributed by atoms with Gasteiger partial charge in [0, 0.05) is 14.1 Å². The van der Waals surface area contributed by atoms with Crippen molar-refractivity contribution in [2.75, 3.05) is 18.5 Å². The lowest BCUT2D eigenvalue weighted by molar-refractivity contribution is -0.137. The summed E-state index contributed by atoms with van der Waals surface area (Å²) in [5.74, 6) is -1.00. The number of carbonyl (C=O) groups excluding carboxylic acids is 2. The van der Waals surface area contributed by atoms with Crippen LogP contribution in [0.2, 0.25) is 0 Å². The van der Waals surface area contributed by atoms with Gasteiger partial charge in [0.05, 0.1) is 24.4 Å². The molecule has 0 atom stereocenters. The number of nitrogens with one attached hydrogen (secondary N) is 1. The van der Waals surface area contributed by atoms with E-state index in [1.165, 1.54) is 0 Å². The standard InChI is InChI=1S/C13H9BrIN3O3/c14-8-3-7(6-16)12(9(15)4-8)17-10-5-11(20)18(1-2-19)13(10)21/h3-5,17,19H,1-2H2. The van der Waals surface area contributed by atoms with Gasteiger partial charge in [-0.15, -0.1) is 0 Å². The average molecular weight is 462 g/mol. The molecule has 2 rings (SSSR count). The third-order valence-corrected chi connectivity index (χ3v) is 4.08. The number of imide groups is 1. The number of hydrogen-bond donors (Lipinski definition) is 2.